The number of rotatable bonds is 1. The molecule has 1 atom stereocenters. The summed E-state index contributed by atoms with van der Waals surface area (Å²) in [7, 11) is 1.81. The minimum atomic E-state index is 0.387. The van der Waals surface area contributed by atoms with E-state index in [1.807, 2.05) is 7.11 Å². The molecule has 1 unspecified atom stereocenters. The lowest BCUT2D eigenvalue weighted by Gasteiger charge is -2.50. The molecule has 2 aliphatic rings. The van der Waals surface area contributed by atoms with Crippen molar-refractivity contribution in [2.75, 3.05) is 13.7 Å². The molecule has 3 heteroatoms. The van der Waals surface area contributed by atoms with Crippen molar-refractivity contribution in [2.24, 2.45) is 0 Å². The summed E-state index contributed by atoms with van der Waals surface area (Å²) in [5.74, 6) is 0. The second-order valence-corrected chi connectivity index (χ2v) is 5.73. The first-order valence-electron chi connectivity index (χ1n) is 4.70. The third-order valence-electron chi connectivity index (χ3n) is 2.87. The van der Waals surface area contributed by atoms with Gasteiger partial charge < -0.3 is 10.1 Å². The summed E-state index contributed by atoms with van der Waals surface area (Å²) in [5.41, 5.74) is 0. The Kier molecular flexibility index (Phi) is 2.36. The van der Waals surface area contributed by atoms with E-state index in [9.17, 15) is 0 Å². The van der Waals surface area contributed by atoms with E-state index in [1.54, 1.807) is 0 Å². The topological polar surface area (TPSA) is 21.3 Å². The Labute approximate surface area is 78.4 Å². The van der Waals surface area contributed by atoms with Gasteiger partial charge in [-0.2, -0.15) is 0 Å². The Balaban J connectivity index is 1.88. The second-order valence-electron chi connectivity index (χ2n) is 3.90. The van der Waals surface area contributed by atoms with Gasteiger partial charge >= 0.3 is 0 Å². The molecule has 70 valence electrons. The van der Waals surface area contributed by atoms with Gasteiger partial charge in [-0.15, -0.1) is 11.8 Å². The number of nitrogens with one attached hydrogen (secondary N) is 1. The number of thioether (sulfide) groups is 1. The Morgan fingerprint density at radius 1 is 1.50 bits per heavy atom. The van der Waals surface area contributed by atoms with Crippen molar-refractivity contribution in [3.63, 3.8) is 0 Å². The highest BCUT2D eigenvalue weighted by atomic mass is 32.2. The molecule has 0 aromatic carbocycles. The van der Waals surface area contributed by atoms with Crippen LogP contribution in [0.15, 0.2) is 0 Å². The van der Waals surface area contributed by atoms with Gasteiger partial charge in [0.25, 0.3) is 0 Å². The van der Waals surface area contributed by atoms with Crippen molar-refractivity contribution in [3.05, 3.63) is 0 Å². The van der Waals surface area contributed by atoms with Crippen molar-refractivity contribution >= 4 is 11.8 Å². The minimum Gasteiger partial charge on any atom is -0.381 e. The molecular weight excluding hydrogens is 170 g/mol. The van der Waals surface area contributed by atoms with E-state index in [0.717, 1.165) is 5.25 Å². The number of ether oxygens (including phenoxy) is 1. The van der Waals surface area contributed by atoms with Crippen molar-refractivity contribution < 1.29 is 4.74 Å². The van der Waals surface area contributed by atoms with Crippen LogP contribution in [0.4, 0.5) is 0 Å². The molecular formula is C9H17NOS. The molecule has 0 amide bonds. The molecule has 1 spiro atoms. The van der Waals surface area contributed by atoms with Gasteiger partial charge in [-0.25, -0.2) is 0 Å². The predicted molar refractivity (Wildman–Crippen MR) is 52.4 cm³/mol. The molecule has 2 fully saturated rings. The summed E-state index contributed by atoms with van der Waals surface area (Å²) in [6.07, 6.45) is 4.21. The maximum atomic E-state index is 5.30. The predicted octanol–water partition coefficient (Wildman–Crippen LogP) is 1.61. The van der Waals surface area contributed by atoms with E-state index in [1.165, 1.54) is 25.8 Å². The normalized spacial score (nSPS) is 47.5. The number of methoxy groups -OCH3 is 1. The molecule has 0 aromatic rings. The van der Waals surface area contributed by atoms with Gasteiger partial charge in [0.1, 0.15) is 0 Å². The summed E-state index contributed by atoms with van der Waals surface area (Å²) in [5, 5.41) is 4.43. The Bertz CT molecular complexity index is 168. The molecule has 1 aliphatic carbocycles. The van der Waals surface area contributed by atoms with Crippen molar-refractivity contribution in [1.82, 2.24) is 5.32 Å². The summed E-state index contributed by atoms with van der Waals surface area (Å²) in [6, 6.07) is 0. The van der Waals surface area contributed by atoms with Crippen molar-refractivity contribution in [1.29, 1.82) is 0 Å². The van der Waals surface area contributed by atoms with Crippen molar-refractivity contribution in [2.45, 2.75) is 42.4 Å². The minimum absolute atomic E-state index is 0.387. The van der Waals surface area contributed by atoms with Gasteiger partial charge in [-0.05, 0) is 13.0 Å². The van der Waals surface area contributed by atoms with Crippen LogP contribution in [0.3, 0.4) is 0 Å². The highest BCUT2D eigenvalue weighted by molar-refractivity contribution is 8.01. The van der Waals surface area contributed by atoms with Crippen LogP contribution in [-0.4, -0.2) is 29.9 Å². The zero-order valence-corrected chi connectivity index (χ0v) is 8.62. The third kappa shape index (κ3) is 1.50. The van der Waals surface area contributed by atoms with E-state index < -0.39 is 0 Å². The first kappa shape index (κ1) is 8.85. The van der Waals surface area contributed by atoms with Crippen LogP contribution in [0.25, 0.3) is 0 Å². The van der Waals surface area contributed by atoms with Gasteiger partial charge in [0.05, 0.1) is 11.0 Å². The average molecular weight is 187 g/mol. The lowest BCUT2D eigenvalue weighted by Crippen LogP contribution is -2.58. The molecule has 12 heavy (non-hydrogen) atoms. The van der Waals surface area contributed by atoms with E-state index >= 15 is 0 Å². The third-order valence-corrected chi connectivity index (χ3v) is 4.44. The summed E-state index contributed by atoms with van der Waals surface area (Å²) >= 11 is 2.10. The van der Waals surface area contributed by atoms with Crippen LogP contribution in [0.5, 0.6) is 0 Å². The highest BCUT2D eigenvalue weighted by Gasteiger charge is 2.47. The van der Waals surface area contributed by atoms with Crippen LogP contribution in [0, 0.1) is 0 Å². The molecule has 1 saturated carbocycles. The summed E-state index contributed by atoms with van der Waals surface area (Å²) < 4.78 is 5.30. The van der Waals surface area contributed by atoms with Gasteiger partial charge in [-0.3, -0.25) is 0 Å². The fraction of sp³-hybridized carbons (Fsp3) is 1.00. The van der Waals surface area contributed by atoms with Crippen LogP contribution in [-0.2, 0) is 4.74 Å². The van der Waals surface area contributed by atoms with E-state index in [2.05, 4.69) is 24.0 Å². The SMILES string of the molecule is COC1CC2(C1)NCCC(C)S2. The molecule has 0 aromatic heterocycles. The molecule has 0 radical (unpaired) electrons. The van der Waals surface area contributed by atoms with E-state index in [4.69, 9.17) is 4.74 Å². The van der Waals surface area contributed by atoms with Crippen LogP contribution >= 0.6 is 11.8 Å². The number of hydrogen-bond donors (Lipinski definition) is 1. The Morgan fingerprint density at radius 2 is 2.25 bits per heavy atom. The fourth-order valence-corrected chi connectivity index (χ4v) is 3.83. The van der Waals surface area contributed by atoms with E-state index in [-0.39, 0.29) is 0 Å². The van der Waals surface area contributed by atoms with Crippen molar-refractivity contribution in [3.8, 4) is 0 Å². The standard InChI is InChI=1S/C9H17NOS/c1-7-3-4-10-9(12-7)5-8(6-9)11-2/h7-8,10H,3-6H2,1-2H3. The average Bonchev–Trinajstić information content (AvgIpc) is 1.99. The van der Waals surface area contributed by atoms with Gasteiger partial charge in [0, 0.05) is 25.2 Å². The zero-order chi connectivity index (χ0) is 8.60. The largest absolute Gasteiger partial charge is 0.381 e. The van der Waals surface area contributed by atoms with E-state index in [0.29, 0.717) is 11.0 Å². The molecule has 2 nitrogen and oxygen atoms in total. The Hall–Kier alpha value is 0.270. The first-order valence-corrected chi connectivity index (χ1v) is 5.58. The summed E-state index contributed by atoms with van der Waals surface area (Å²) in [4.78, 5) is 0.387. The molecule has 1 aliphatic heterocycles. The fourth-order valence-electron chi connectivity index (χ4n) is 2.07. The van der Waals surface area contributed by atoms with Crippen LogP contribution in [0.2, 0.25) is 0 Å². The number of hydrogen-bond acceptors (Lipinski definition) is 3. The zero-order valence-electron chi connectivity index (χ0n) is 7.80. The maximum Gasteiger partial charge on any atom is 0.0697 e. The van der Waals surface area contributed by atoms with Crippen LogP contribution < -0.4 is 5.32 Å². The second kappa shape index (κ2) is 3.20. The monoisotopic (exact) mass is 187 g/mol. The smallest absolute Gasteiger partial charge is 0.0697 e. The van der Waals surface area contributed by atoms with Gasteiger partial charge in [0.15, 0.2) is 0 Å². The molecule has 1 saturated heterocycles. The lowest BCUT2D eigenvalue weighted by atomic mass is 9.88. The van der Waals surface area contributed by atoms with Gasteiger partial charge in [0.2, 0.25) is 0 Å². The summed E-state index contributed by atoms with van der Waals surface area (Å²) in [6.45, 7) is 3.51. The van der Waals surface area contributed by atoms with Gasteiger partial charge in [-0.1, -0.05) is 6.92 Å². The first-order chi connectivity index (χ1) is 5.74. The molecule has 0 bridgehead atoms. The quantitative estimate of drug-likeness (QED) is 0.674. The Morgan fingerprint density at radius 3 is 2.83 bits per heavy atom. The molecule has 1 N–H and O–H groups in total. The highest BCUT2D eigenvalue weighted by Crippen LogP contribution is 2.47. The molecule has 1 heterocycles. The molecule has 2 rings (SSSR count). The maximum absolute atomic E-state index is 5.30. The lowest BCUT2D eigenvalue weighted by molar-refractivity contribution is 0.00400. The van der Waals surface area contributed by atoms with Crippen LogP contribution in [0.1, 0.15) is 26.2 Å².